The lowest BCUT2D eigenvalue weighted by Crippen LogP contribution is -2.47. The molecule has 6 heteroatoms. The van der Waals surface area contributed by atoms with Crippen LogP contribution < -0.4 is 4.90 Å². The molecule has 1 aliphatic heterocycles. The first kappa shape index (κ1) is 14.0. The lowest BCUT2D eigenvalue weighted by molar-refractivity contribution is 0.260. The highest BCUT2D eigenvalue weighted by atomic mass is 15.3. The molecule has 2 aromatic heterocycles. The van der Waals surface area contributed by atoms with Crippen molar-refractivity contribution in [3.8, 4) is 0 Å². The Kier molecular flexibility index (Phi) is 4.15. The second-order valence-corrected chi connectivity index (χ2v) is 5.56. The maximum Gasteiger partial charge on any atom is 0.132 e. The minimum atomic E-state index is 0.839. The normalized spacial score (nSPS) is 16.4. The van der Waals surface area contributed by atoms with Crippen LogP contribution in [0.15, 0.2) is 24.7 Å². The zero-order valence-electron chi connectivity index (χ0n) is 12.7. The Morgan fingerprint density at radius 1 is 1.19 bits per heavy atom. The second-order valence-electron chi connectivity index (χ2n) is 5.56. The largest absolute Gasteiger partial charge is 0.354 e. The van der Waals surface area contributed by atoms with Gasteiger partial charge in [0.2, 0.25) is 0 Å². The fourth-order valence-electron chi connectivity index (χ4n) is 2.71. The van der Waals surface area contributed by atoms with Crippen LogP contribution in [0.5, 0.6) is 0 Å². The van der Waals surface area contributed by atoms with Crippen molar-refractivity contribution in [1.29, 1.82) is 0 Å². The topological polar surface area (TPSA) is 50.1 Å². The van der Waals surface area contributed by atoms with E-state index in [0.717, 1.165) is 50.8 Å². The molecular formula is C15H22N6. The first-order valence-electron chi connectivity index (χ1n) is 7.45. The van der Waals surface area contributed by atoms with Gasteiger partial charge >= 0.3 is 0 Å². The van der Waals surface area contributed by atoms with Crippen LogP contribution >= 0.6 is 0 Å². The molecule has 112 valence electrons. The Morgan fingerprint density at radius 3 is 2.67 bits per heavy atom. The number of anilines is 1. The van der Waals surface area contributed by atoms with Crippen LogP contribution in [0.1, 0.15) is 11.4 Å². The van der Waals surface area contributed by atoms with Crippen LogP contribution in [0.3, 0.4) is 0 Å². The van der Waals surface area contributed by atoms with Crippen molar-refractivity contribution >= 4 is 5.82 Å². The quantitative estimate of drug-likeness (QED) is 0.835. The third-order valence-corrected chi connectivity index (χ3v) is 3.93. The molecule has 3 heterocycles. The molecule has 0 bridgehead atoms. The van der Waals surface area contributed by atoms with Gasteiger partial charge in [0, 0.05) is 52.2 Å². The van der Waals surface area contributed by atoms with Gasteiger partial charge in [-0.25, -0.2) is 9.97 Å². The van der Waals surface area contributed by atoms with Crippen LogP contribution in [0.4, 0.5) is 5.82 Å². The average molecular weight is 286 g/mol. The average Bonchev–Trinajstić information content (AvgIpc) is 2.91. The number of rotatable bonds is 4. The number of nitrogens with zero attached hydrogens (tertiary/aromatic N) is 6. The van der Waals surface area contributed by atoms with Crippen LogP contribution in [0.25, 0.3) is 0 Å². The van der Waals surface area contributed by atoms with Gasteiger partial charge in [-0.3, -0.25) is 9.58 Å². The van der Waals surface area contributed by atoms with E-state index >= 15 is 0 Å². The fraction of sp³-hybridized carbons (Fsp3) is 0.533. The zero-order chi connectivity index (χ0) is 14.7. The molecule has 0 radical (unpaired) electrons. The summed E-state index contributed by atoms with van der Waals surface area (Å²) in [5, 5.41) is 4.22. The first-order valence-corrected chi connectivity index (χ1v) is 7.45. The van der Waals surface area contributed by atoms with Crippen molar-refractivity contribution in [1.82, 2.24) is 24.6 Å². The SMILES string of the molecule is Cc1nccc(N2CCN(CCc3cnn(C)c3)CC2)n1. The molecule has 0 aromatic carbocycles. The van der Waals surface area contributed by atoms with Crippen molar-refractivity contribution in [2.45, 2.75) is 13.3 Å². The highest BCUT2D eigenvalue weighted by molar-refractivity contribution is 5.37. The molecule has 1 fully saturated rings. The molecule has 0 amide bonds. The maximum absolute atomic E-state index is 4.50. The van der Waals surface area contributed by atoms with Gasteiger partial charge in [0.15, 0.2) is 0 Å². The minimum absolute atomic E-state index is 0.839. The van der Waals surface area contributed by atoms with Gasteiger partial charge in [-0.15, -0.1) is 0 Å². The second kappa shape index (κ2) is 6.22. The van der Waals surface area contributed by atoms with E-state index in [0.29, 0.717) is 0 Å². The molecule has 0 unspecified atom stereocenters. The number of hydrogen-bond donors (Lipinski definition) is 0. The smallest absolute Gasteiger partial charge is 0.132 e. The highest BCUT2D eigenvalue weighted by Crippen LogP contribution is 2.13. The van der Waals surface area contributed by atoms with Gasteiger partial charge in [-0.2, -0.15) is 5.10 Å². The summed E-state index contributed by atoms with van der Waals surface area (Å²) in [6.07, 6.45) is 6.97. The predicted octanol–water partition coefficient (Wildman–Crippen LogP) is 0.883. The minimum Gasteiger partial charge on any atom is -0.354 e. The molecule has 1 aliphatic rings. The van der Waals surface area contributed by atoms with Crippen LogP contribution in [0.2, 0.25) is 0 Å². The molecule has 0 aliphatic carbocycles. The summed E-state index contributed by atoms with van der Waals surface area (Å²) >= 11 is 0. The van der Waals surface area contributed by atoms with Gasteiger partial charge in [0.25, 0.3) is 0 Å². The molecule has 0 atom stereocenters. The van der Waals surface area contributed by atoms with E-state index in [-0.39, 0.29) is 0 Å². The molecule has 0 N–H and O–H groups in total. The van der Waals surface area contributed by atoms with Crippen LogP contribution in [-0.2, 0) is 13.5 Å². The molecule has 1 saturated heterocycles. The van der Waals surface area contributed by atoms with Crippen molar-refractivity contribution in [3.63, 3.8) is 0 Å². The summed E-state index contributed by atoms with van der Waals surface area (Å²) in [4.78, 5) is 13.5. The molecule has 6 nitrogen and oxygen atoms in total. The Hall–Kier alpha value is -1.95. The molecule has 3 rings (SSSR count). The molecule has 0 saturated carbocycles. The predicted molar refractivity (Wildman–Crippen MR) is 82.3 cm³/mol. The van der Waals surface area contributed by atoms with Gasteiger partial charge in [0.1, 0.15) is 11.6 Å². The molecule has 2 aromatic rings. The van der Waals surface area contributed by atoms with E-state index in [2.05, 4.69) is 31.1 Å². The summed E-state index contributed by atoms with van der Waals surface area (Å²) in [7, 11) is 1.96. The van der Waals surface area contributed by atoms with Gasteiger partial charge < -0.3 is 4.90 Å². The van der Waals surface area contributed by atoms with Gasteiger partial charge in [-0.1, -0.05) is 0 Å². The zero-order valence-corrected chi connectivity index (χ0v) is 12.7. The van der Waals surface area contributed by atoms with E-state index in [1.54, 1.807) is 0 Å². The van der Waals surface area contributed by atoms with E-state index in [1.807, 2.05) is 37.1 Å². The lowest BCUT2D eigenvalue weighted by atomic mass is 10.2. The van der Waals surface area contributed by atoms with Crippen LogP contribution in [-0.4, -0.2) is 57.4 Å². The Morgan fingerprint density at radius 2 is 2.00 bits per heavy atom. The van der Waals surface area contributed by atoms with Crippen LogP contribution in [0, 0.1) is 6.92 Å². The standard InChI is InChI=1S/C15H22N6/c1-13-16-5-3-15(18-13)21-9-7-20(8-10-21)6-4-14-11-17-19(2)12-14/h3,5,11-12H,4,6-10H2,1-2H3. The first-order chi connectivity index (χ1) is 10.2. The van der Waals surface area contributed by atoms with Gasteiger partial charge in [-0.05, 0) is 25.0 Å². The van der Waals surface area contributed by atoms with E-state index < -0.39 is 0 Å². The number of hydrogen-bond acceptors (Lipinski definition) is 5. The van der Waals surface area contributed by atoms with E-state index in [4.69, 9.17) is 0 Å². The Labute approximate surface area is 125 Å². The van der Waals surface area contributed by atoms with E-state index in [9.17, 15) is 0 Å². The molecule has 21 heavy (non-hydrogen) atoms. The summed E-state index contributed by atoms with van der Waals surface area (Å²) in [5.41, 5.74) is 1.31. The number of aromatic nitrogens is 4. The summed E-state index contributed by atoms with van der Waals surface area (Å²) in [6, 6.07) is 2.00. The highest BCUT2D eigenvalue weighted by Gasteiger charge is 2.18. The van der Waals surface area contributed by atoms with Gasteiger partial charge in [0.05, 0.1) is 6.20 Å². The molecular weight excluding hydrogens is 264 g/mol. The monoisotopic (exact) mass is 286 g/mol. The Balaban J connectivity index is 1.49. The van der Waals surface area contributed by atoms with E-state index in [1.165, 1.54) is 5.56 Å². The summed E-state index contributed by atoms with van der Waals surface area (Å²) in [5.74, 6) is 1.89. The lowest BCUT2D eigenvalue weighted by Gasteiger charge is -2.35. The van der Waals surface area contributed by atoms with Crippen molar-refractivity contribution < 1.29 is 0 Å². The van der Waals surface area contributed by atoms with Crippen molar-refractivity contribution in [2.75, 3.05) is 37.6 Å². The molecule has 0 spiro atoms. The summed E-state index contributed by atoms with van der Waals surface area (Å²) in [6.45, 7) is 7.27. The summed E-state index contributed by atoms with van der Waals surface area (Å²) < 4.78 is 1.87. The fourth-order valence-corrected chi connectivity index (χ4v) is 2.71. The maximum atomic E-state index is 4.50. The number of aryl methyl sites for hydroxylation is 2. The number of piperazine rings is 1. The van der Waals surface area contributed by atoms with Crippen molar-refractivity contribution in [2.24, 2.45) is 7.05 Å². The van der Waals surface area contributed by atoms with Crippen molar-refractivity contribution in [3.05, 3.63) is 36.0 Å². The third kappa shape index (κ3) is 3.58. The Bertz CT molecular complexity index is 585. The third-order valence-electron chi connectivity index (χ3n) is 3.93.